The third-order valence-electron chi connectivity index (χ3n) is 4.51. The summed E-state index contributed by atoms with van der Waals surface area (Å²) in [5.74, 6) is 5.74. The van der Waals surface area contributed by atoms with Gasteiger partial charge in [-0.05, 0) is 29.7 Å². The molecule has 0 aromatic heterocycles. The molecule has 0 saturated heterocycles. The Labute approximate surface area is 152 Å². The van der Waals surface area contributed by atoms with Crippen molar-refractivity contribution in [2.24, 2.45) is 0 Å². The molecule has 1 heterocycles. The fraction of sp³-hybridized carbons (Fsp3) is 0.0870. The van der Waals surface area contributed by atoms with E-state index in [1.165, 1.54) is 4.90 Å². The van der Waals surface area contributed by atoms with Crippen molar-refractivity contribution in [1.29, 1.82) is 0 Å². The van der Waals surface area contributed by atoms with Crippen molar-refractivity contribution in [1.82, 2.24) is 4.90 Å². The number of amides is 1. The van der Waals surface area contributed by atoms with Crippen molar-refractivity contribution < 1.29 is 9.90 Å². The normalized spacial score (nSPS) is 18.2. The lowest BCUT2D eigenvalue weighted by atomic mass is 10.0. The van der Waals surface area contributed by atoms with Crippen LogP contribution in [0.2, 0.25) is 0 Å². The number of aliphatic hydroxyl groups is 1. The van der Waals surface area contributed by atoms with E-state index >= 15 is 0 Å². The summed E-state index contributed by atoms with van der Waals surface area (Å²) in [7, 11) is 0. The van der Waals surface area contributed by atoms with Gasteiger partial charge in [0.2, 0.25) is 5.72 Å². The van der Waals surface area contributed by atoms with Gasteiger partial charge in [-0.1, -0.05) is 72.7 Å². The lowest BCUT2D eigenvalue weighted by Gasteiger charge is -2.29. The molecular formula is C23H17NO2. The van der Waals surface area contributed by atoms with Crippen LogP contribution in [0.25, 0.3) is 0 Å². The van der Waals surface area contributed by atoms with Gasteiger partial charge < -0.3 is 5.11 Å². The first-order valence-corrected chi connectivity index (χ1v) is 8.44. The summed E-state index contributed by atoms with van der Waals surface area (Å²) in [5, 5.41) is 11.4. The van der Waals surface area contributed by atoms with Crippen molar-refractivity contribution in [3.05, 3.63) is 107 Å². The summed E-state index contributed by atoms with van der Waals surface area (Å²) in [6.07, 6.45) is 0. The minimum Gasteiger partial charge on any atom is -0.357 e. The standard InChI is InChI=1S/C23H17NO2/c25-22-20-13-7-8-14-21(20)23(26,16-15-18-9-3-1-4-10-18)24(22)17-19-11-5-2-6-12-19/h1-14,26H,17H2. The molecule has 1 aliphatic rings. The molecule has 1 aliphatic heterocycles. The summed E-state index contributed by atoms with van der Waals surface area (Å²) >= 11 is 0. The van der Waals surface area contributed by atoms with Crippen LogP contribution in [0.5, 0.6) is 0 Å². The molecule has 0 spiro atoms. The number of hydrogen-bond donors (Lipinski definition) is 1. The zero-order valence-electron chi connectivity index (χ0n) is 14.1. The molecule has 0 saturated carbocycles. The summed E-state index contributed by atoms with van der Waals surface area (Å²) in [4.78, 5) is 14.4. The molecule has 1 atom stereocenters. The molecule has 1 unspecified atom stereocenters. The van der Waals surface area contributed by atoms with Crippen LogP contribution < -0.4 is 0 Å². The molecule has 0 bridgehead atoms. The van der Waals surface area contributed by atoms with Gasteiger partial charge in [0.1, 0.15) is 0 Å². The van der Waals surface area contributed by atoms with E-state index in [1.807, 2.05) is 66.7 Å². The van der Waals surface area contributed by atoms with Gasteiger partial charge in [-0.25, -0.2) is 0 Å². The van der Waals surface area contributed by atoms with Crippen LogP contribution in [0, 0.1) is 11.8 Å². The van der Waals surface area contributed by atoms with Crippen LogP contribution in [0.3, 0.4) is 0 Å². The van der Waals surface area contributed by atoms with E-state index in [1.54, 1.807) is 18.2 Å². The third-order valence-corrected chi connectivity index (χ3v) is 4.51. The summed E-state index contributed by atoms with van der Waals surface area (Å²) in [5.41, 5.74) is 1.10. The summed E-state index contributed by atoms with van der Waals surface area (Å²) in [6, 6.07) is 26.2. The van der Waals surface area contributed by atoms with Crippen molar-refractivity contribution in [3.63, 3.8) is 0 Å². The maximum atomic E-state index is 12.9. The molecule has 0 radical (unpaired) electrons. The Bertz CT molecular complexity index is 1000. The molecule has 4 rings (SSSR count). The van der Waals surface area contributed by atoms with E-state index in [4.69, 9.17) is 0 Å². The van der Waals surface area contributed by atoms with Gasteiger partial charge in [-0.2, -0.15) is 0 Å². The number of rotatable bonds is 2. The Kier molecular flexibility index (Phi) is 4.04. The zero-order valence-corrected chi connectivity index (χ0v) is 14.1. The fourth-order valence-corrected chi connectivity index (χ4v) is 3.18. The molecule has 3 nitrogen and oxygen atoms in total. The lowest BCUT2D eigenvalue weighted by molar-refractivity contribution is -0.0400. The second kappa shape index (κ2) is 6.51. The molecule has 0 aliphatic carbocycles. The molecule has 3 aromatic rings. The monoisotopic (exact) mass is 339 g/mol. The summed E-state index contributed by atoms with van der Waals surface area (Å²) in [6.45, 7) is 0.286. The molecule has 1 N–H and O–H groups in total. The van der Waals surface area contributed by atoms with Crippen molar-refractivity contribution in [2.45, 2.75) is 12.3 Å². The number of nitrogens with zero attached hydrogens (tertiary/aromatic N) is 1. The van der Waals surface area contributed by atoms with Crippen molar-refractivity contribution in [3.8, 4) is 11.8 Å². The smallest absolute Gasteiger partial charge is 0.257 e. The van der Waals surface area contributed by atoms with E-state index in [-0.39, 0.29) is 12.5 Å². The highest BCUT2D eigenvalue weighted by molar-refractivity contribution is 6.00. The number of hydrogen-bond acceptors (Lipinski definition) is 2. The predicted octanol–water partition coefficient (Wildman–Crippen LogP) is 3.54. The molecule has 0 fully saturated rings. The molecule has 126 valence electrons. The predicted molar refractivity (Wildman–Crippen MR) is 100.0 cm³/mol. The Morgan fingerprint density at radius 1 is 0.846 bits per heavy atom. The van der Waals surface area contributed by atoms with Gasteiger partial charge in [-0.3, -0.25) is 9.69 Å². The Balaban J connectivity index is 1.79. The topological polar surface area (TPSA) is 40.5 Å². The van der Waals surface area contributed by atoms with Crippen LogP contribution in [-0.4, -0.2) is 15.9 Å². The van der Waals surface area contributed by atoms with E-state index < -0.39 is 5.72 Å². The highest BCUT2D eigenvalue weighted by atomic mass is 16.3. The second-order valence-electron chi connectivity index (χ2n) is 6.21. The lowest BCUT2D eigenvalue weighted by Crippen LogP contribution is -2.42. The number of carbonyl (C=O) groups excluding carboxylic acids is 1. The average molecular weight is 339 g/mol. The fourth-order valence-electron chi connectivity index (χ4n) is 3.18. The highest BCUT2D eigenvalue weighted by Gasteiger charge is 2.47. The maximum Gasteiger partial charge on any atom is 0.257 e. The highest BCUT2D eigenvalue weighted by Crippen LogP contribution is 2.37. The van der Waals surface area contributed by atoms with Crippen LogP contribution >= 0.6 is 0 Å². The Hall–Kier alpha value is -3.35. The second-order valence-corrected chi connectivity index (χ2v) is 6.21. The molecule has 3 heteroatoms. The zero-order chi connectivity index (χ0) is 18.0. The minimum atomic E-state index is -1.65. The summed E-state index contributed by atoms with van der Waals surface area (Å²) < 4.78 is 0. The number of fused-ring (bicyclic) bond motifs is 1. The van der Waals surface area contributed by atoms with E-state index in [0.29, 0.717) is 11.1 Å². The molecular weight excluding hydrogens is 322 g/mol. The molecule has 26 heavy (non-hydrogen) atoms. The first-order chi connectivity index (χ1) is 12.7. The SMILES string of the molecule is O=C1c2ccccc2C(O)(C#Cc2ccccc2)N1Cc1ccccc1. The third kappa shape index (κ3) is 2.77. The quantitative estimate of drug-likeness (QED) is 0.726. The van der Waals surface area contributed by atoms with Gasteiger partial charge in [0.05, 0.1) is 6.54 Å². The van der Waals surface area contributed by atoms with E-state index in [2.05, 4.69) is 11.8 Å². The Morgan fingerprint density at radius 3 is 2.19 bits per heavy atom. The number of carbonyl (C=O) groups is 1. The minimum absolute atomic E-state index is 0.214. The largest absolute Gasteiger partial charge is 0.357 e. The van der Waals surface area contributed by atoms with Gasteiger partial charge in [0.25, 0.3) is 5.91 Å². The van der Waals surface area contributed by atoms with Crippen LogP contribution in [-0.2, 0) is 12.3 Å². The first-order valence-electron chi connectivity index (χ1n) is 8.44. The molecule has 3 aromatic carbocycles. The van der Waals surface area contributed by atoms with Crippen LogP contribution in [0.4, 0.5) is 0 Å². The Morgan fingerprint density at radius 2 is 1.46 bits per heavy atom. The van der Waals surface area contributed by atoms with Gasteiger partial charge in [-0.15, -0.1) is 0 Å². The van der Waals surface area contributed by atoms with Crippen LogP contribution in [0.15, 0.2) is 84.9 Å². The first kappa shape index (κ1) is 16.1. The van der Waals surface area contributed by atoms with Gasteiger partial charge >= 0.3 is 0 Å². The van der Waals surface area contributed by atoms with E-state index in [9.17, 15) is 9.90 Å². The van der Waals surface area contributed by atoms with Gasteiger partial charge in [0, 0.05) is 16.7 Å². The van der Waals surface area contributed by atoms with Crippen molar-refractivity contribution in [2.75, 3.05) is 0 Å². The van der Waals surface area contributed by atoms with E-state index in [0.717, 1.165) is 11.1 Å². The number of benzene rings is 3. The van der Waals surface area contributed by atoms with Gasteiger partial charge in [0.15, 0.2) is 0 Å². The maximum absolute atomic E-state index is 12.9. The average Bonchev–Trinajstić information content (AvgIpc) is 2.91. The van der Waals surface area contributed by atoms with Crippen molar-refractivity contribution >= 4 is 5.91 Å². The van der Waals surface area contributed by atoms with Crippen LogP contribution in [0.1, 0.15) is 27.0 Å². The molecule has 1 amide bonds.